The van der Waals surface area contributed by atoms with Gasteiger partial charge in [-0.3, -0.25) is 9.59 Å². The van der Waals surface area contributed by atoms with Gasteiger partial charge in [0.25, 0.3) is 5.91 Å². The lowest BCUT2D eigenvalue weighted by atomic mass is 9.89. The fourth-order valence-corrected chi connectivity index (χ4v) is 4.45. The number of nitrogens with one attached hydrogen (secondary N) is 2. The van der Waals surface area contributed by atoms with Crippen molar-refractivity contribution in [2.75, 3.05) is 25.0 Å². The van der Waals surface area contributed by atoms with Crippen LogP contribution in [0.4, 0.5) is 5.69 Å². The quantitative estimate of drug-likeness (QED) is 0.761. The molecule has 0 bridgehead atoms. The van der Waals surface area contributed by atoms with Gasteiger partial charge >= 0.3 is 0 Å². The lowest BCUT2D eigenvalue weighted by Crippen LogP contribution is -2.32. The highest BCUT2D eigenvalue weighted by molar-refractivity contribution is 5.95. The van der Waals surface area contributed by atoms with E-state index in [1.165, 1.54) is 30.4 Å². The number of rotatable bonds is 6. The van der Waals surface area contributed by atoms with Gasteiger partial charge in [-0.15, -0.1) is 0 Å². The summed E-state index contributed by atoms with van der Waals surface area (Å²) in [6, 6.07) is 14.0. The Morgan fingerprint density at radius 3 is 2.53 bits per heavy atom. The van der Waals surface area contributed by atoms with Gasteiger partial charge in [-0.05, 0) is 80.3 Å². The topological polar surface area (TPSA) is 61.4 Å². The summed E-state index contributed by atoms with van der Waals surface area (Å²) in [4.78, 5) is 26.9. The van der Waals surface area contributed by atoms with Crippen LogP contribution in [0.5, 0.6) is 0 Å². The highest BCUT2D eigenvalue weighted by atomic mass is 16.2. The average molecular weight is 406 g/mol. The Morgan fingerprint density at radius 2 is 1.73 bits per heavy atom. The number of likely N-dealkylation sites (tertiary alicyclic amines) is 1. The van der Waals surface area contributed by atoms with E-state index >= 15 is 0 Å². The molecule has 2 aromatic rings. The van der Waals surface area contributed by atoms with E-state index in [1.54, 1.807) is 0 Å². The van der Waals surface area contributed by atoms with E-state index in [-0.39, 0.29) is 24.4 Å². The van der Waals surface area contributed by atoms with Crippen LogP contribution >= 0.6 is 0 Å². The number of hydrogen-bond acceptors (Lipinski definition) is 3. The number of amides is 2. The summed E-state index contributed by atoms with van der Waals surface area (Å²) in [5.41, 5.74) is 5.49. The SMILES string of the molecule is CC(NC(=O)CNc1cccc(C(=O)N2CCCC2)c1)c1ccc2c(c1)CCCC2. The largest absolute Gasteiger partial charge is 0.376 e. The number of carbonyl (C=O) groups excluding carboxylic acids is 2. The molecule has 1 aliphatic carbocycles. The summed E-state index contributed by atoms with van der Waals surface area (Å²) >= 11 is 0. The molecule has 158 valence electrons. The standard InChI is InChI=1S/C25H31N3O2/c1-18(20-12-11-19-7-2-3-8-21(19)15-20)27-24(29)17-26-23-10-6-9-22(16-23)25(30)28-13-4-5-14-28/h6,9-12,15-16,18,26H,2-5,7-8,13-14,17H2,1H3,(H,27,29). The molecule has 0 saturated carbocycles. The second-order valence-corrected chi connectivity index (χ2v) is 8.46. The van der Waals surface area contributed by atoms with E-state index in [9.17, 15) is 9.59 Å². The van der Waals surface area contributed by atoms with Gasteiger partial charge in [-0.25, -0.2) is 0 Å². The predicted molar refractivity (Wildman–Crippen MR) is 120 cm³/mol. The first-order chi connectivity index (χ1) is 14.6. The summed E-state index contributed by atoms with van der Waals surface area (Å²) in [7, 11) is 0. The normalized spacial score (nSPS) is 16.6. The van der Waals surface area contributed by atoms with E-state index in [1.807, 2.05) is 36.1 Å². The molecule has 2 amide bonds. The Hall–Kier alpha value is -2.82. The molecule has 0 spiro atoms. The van der Waals surface area contributed by atoms with Crippen LogP contribution < -0.4 is 10.6 Å². The van der Waals surface area contributed by atoms with Crippen molar-refractivity contribution < 1.29 is 9.59 Å². The first-order valence-corrected chi connectivity index (χ1v) is 11.1. The maximum atomic E-state index is 12.6. The molecule has 5 heteroatoms. The van der Waals surface area contributed by atoms with Crippen LogP contribution in [-0.2, 0) is 17.6 Å². The summed E-state index contributed by atoms with van der Waals surface area (Å²) in [5, 5.41) is 6.23. The number of fused-ring (bicyclic) bond motifs is 1. The van der Waals surface area contributed by atoms with Gasteiger partial charge < -0.3 is 15.5 Å². The van der Waals surface area contributed by atoms with Gasteiger partial charge in [0.2, 0.25) is 5.91 Å². The Morgan fingerprint density at radius 1 is 0.967 bits per heavy atom. The molecule has 1 heterocycles. The number of hydrogen-bond donors (Lipinski definition) is 2. The minimum absolute atomic E-state index is 0.0328. The van der Waals surface area contributed by atoms with Crippen molar-refractivity contribution in [3.8, 4) is 0 Å². The molecule has 2 N–H and O–H groups in total. The van der Waals surface area contributed by atoms with Gasteiger partial charge in [0.15, 0.2) is 0 Å². The third-order valence-electron chi connectivity index (χ3n) is 6.21. The van der Waals surface area contributed by atoms with Gasteiger partial charge in [-0.2, -0.15) is 0 Å². The molecule has 2 aliphatic rings. The summed E-state index contributed by atoms with van der Waals surface area (Å²) in [6.45, 7) is 3.87. The second-order valence-electron chi connectivity index (χ2n) is 8.46. The number of anilines is 1. The van der Waals surface area contributed by atoms with Crippen LogP contribution in [0.25, 0.3) is 0 Å². The fraction of sp³-hybridized carbons (Fsp3) is 0.440. The third-order valence-corrected chi connectivity index (χ3v) is 6.21. The van der Waals surface area contributed by atoms with Crippen molar-refractivity contribution in [1.29, 1.82) is 0 Å². The second kappa shape index (κ2) is 9.33. The molecular weight excluding hydrogens is 374 g/mol. The maximum Gasteiger partial charge on any atom is 0.253 e. The van der Waals surface area contributed by atoms with Crippen molar-refractivity contribution >= 4 is 17.5 Å². The molecule has 1 fully saturated rings. The van der Waals surface area contributed by atoms with Crippen molar-refractivity contribution in [1.82, 2.24) is 10.2 Å². The summed E-state index contributed by atoms with van der Waals surface area (Å²) in [5.74, 6) is 0.0122. The minimum Gasteiger partial charge on any atom is -0.376 e. The molecule has 1 atom stereocenters. The highest BCUT2D eigenvalue weighted by Gasteiger charge is 2.19. The molecule has 1 aliphatic heterocycles. The Bertz CT molecular complexity index is 918. The van der Waals surface area contributed by atoms with E-state index in [0.29, 0.717) is 5.56 Å². The Kier molecular flexibility index (Phi) is 6.36. The number of carbonyl (C=O) groups is 2. The van der Waals surface area contributed by atoms with Gasteiger partial charge in [-0.1, -0.05) is 24.3 Å². The van der Waals surface area contributed by atoms with E-state index in [0.717, 1.165) is 43.6 Å². The van der Waals surface area contributed by atoms with Gasteiger partial charge in [0, 0.05) is 24.3 Å². The molecule has 5 nitrogen and oxygen atoms in total. The Balaban J connectivity index is 1.31. The molecular formula is C25H31N3O2. The average Bonchev–Trinajstić information content (AvgIpc) is 3.32. The monoisotopic (exact) mass is 405 g/mol. The predicted octanol–water partition coefficient (Wildman–Crippen LogP) is 4.09. The molecule has 1 saturated heterocycles. The van der Waals surface area contributed by atoms with Crippen LogP contribution in [0, 0.1) is 0 Å². The van der Waals surface area contributed by atoms with Crippen molar-refractivity contribution in [3.63, 3.8) is 0 Å². The highest BCUT2D eigenvalue weighted by Crippen LogP contribution is 2.24. The van der Waals surface area contributed by atoms with Crippen molar-refractivity contribution in [2.24, 2.45) is 0 Å². The number of benzene rings is 2. The molecule has 2 aromatic carbocycles. The van der Waals surface area contributed by atoms with Crippen LogP contribution in [0.2, 0.25) is 0 Å². The molecule has 1 unspecified atom stereocenters. The van der Waals surface area contributed by atoms with Crippen LogP contribution in [0.15, 0.2) is 42.5 Å². The Labute approximate surface area is 178 Å². The zero-order valence-electron chi connectivity index (χ0n) is 17.7. The first kappa shape index (κ1) is 20.5. The van der Waals surface area contributed by atoms with Crippen LogP contribution in [0.3, 0.4) is 0 Å². The lowest BCUT2D eigenvalue weighted by Gasteiger charge is -2.20. The van der Waals surface area contributed by atoms with Crippen molar-refractivity contribution in [3.05, 3.63) is 64.7 Å². The van der Waals surface area contributed by atoms with Gasteiger partial charge in [0.05, 0.1) is 12.6 Å². The summed E-state index contributed by atoms with van der Waals surface area (Å²) < 4.78 is 0. The number of nitrogens with zero attached hydrogens (tertiary/aromatic N) is 1. The number of aryl methyl sites for hydroxylation is 2. The van der Waals surface area contributed by atoms with E-state index in [4.69, 9.17) is 0 Å². The molecule has 30 heavy (non-hydrogen) atoms. The summed E-state index contributed by atoms with van der Waals surface area (Å²) in [6.07, 6.45) is 6.98. The third kappa shape index (κ3) is 4.84. The zero-order chi connectivity index (χ0) is 20.9. The van der Waals surface area contributed by atoms with E-state index in [2.05, 4.69) is 28.8 Å². The van der Waals surface area contributed by atoms with Crippen LogP contribution in [-0.4, -0.2) is 36.3 Å². The maximum absolute atomic E-state index is 12.6. The van der Waals surface area contributed by atoms with Crippen LogP contribution in [0.1, 0.15) is 65.7 Å². The molecule has 4 rings (SSSR count). The minimum atomic E-state index is -0.0588. The van der Waals surface area contributed by atoms with Crippen molar-refractivity contribution in [2.45, 2.75) is 51.5 Å². The van der Waals surface area contributed by atoms with Gasteiger partial charge in [0.1, 0.15) is 0 Å². The van der Waals surface area contributed by atoms with E-state index < -0.39 is 0 Å². The smallest absolute Gasteiger partial charge is 0.253 e. The fourth-order valence-electron chi connectivity index (χ4n) is 4.45. The zero-order valence-corrected chi connectivity index (χ0v) is 17.7. The molecule has 0 aromatic heterocycles. The first-order valence-electron chi connectivity index (χ1n) is 11.1. The lowest BCUT2D eigenvalue weighted by molar-refractivity contribution is -0.120. The molecule has 0 radical (unpaired) electrons.